The van der Waals surface area contributed by atoms with E-state index in [4.69, 9.17) is 30.5 Å². The third kappa shape index (κ3) is 3.45. The first kappa shape index (κ1) is 19.0. The summed E-state index contributed by atoms with van der Waals surface area (Å²) in [4.78, 5) is 29.4. The smallest absolute Gasteiger partial charge is 0.340 e. The molecule has 0 unspecified atom stereocenters. The van der Waals surface area contributed by atoms with Gasteiger partial charge in [-0.05, 0) is 30.7 Å². The first-order valence-corrected chi connectivity index (χ1v) is 9.10. The summed E-state index contributed by atoms with van der Waals surface area (Å²) in [5, 5.41) is 1.08. The molecule has 1 aliphatic rings. The van der Waals surface area contributed by atoms with Gasteiger partial charge >= 0.3 is 11.9 Å². The van der Waals surface area contributed by atoms with Gasteiger partial charge in [0.1, 0.15) is 6.61 Å². The lowest BCUT2D eigenvalue weighted by Gasteiger charge is -2.13. The fourth-order valence-corrected chi connectivity index (χ4v) is 3.49. The molecule has 2 aromatic carbocycles. The normalized spacial score (nSPS) is 12.1. The summed E-state index contributed by atoms with van der Waals surface area (Å²) in [6.45, 7) is 1.64. The lowest BCUT2D eigenvalue weighted by molar-refractivity contribution is 0.0455. The zero-order valence-electron chi connectivity index (χ0n) is 15.7. The molecular formula is C21H16ClNO6. The van der Waals surface area contributed by atoms with Gasteiger partial charge in [0.25, 0.3) is 0 Å². The number of benzene rings is 2. The maximum Gasteiger partial charge on any atom is 0.340 e. The monoisotopic (exact) mass is 413 g/mol. The van der Waals surface area contributed by atoms with Gasteiger partial charge in [-0.1, -0.05) is 29.8 Å². The van der Waals surface area contributed by atoms with Crippen molar-refractivity contribution in [2.24, 2.45) is 0 Å². The molecule has 0 bridgehead atoms. The Kier molecular flexibility index (Phi) is 4.98. The number of nitrogens with zero attached hydrogens (tertiary/aromatic N) is 1. The molecule has 8 heteroatoms. The number of carbonyl (C=O) groups excluding carboxylic acids is 2. The topological polar surface area (TPSA) is 84.0 Å². The van der Waals surface area contributed by atoms with Gasteiger partial charge in [-0.15, -0.1) is 0 Å². The van der Waals surface area contributed by atoms with E-state index in [1.165, 1.54) is 19.2 Å². The average Bonchev–Trinajstić information content (AvgIpc) is 3.21. The molecule has 0 atom stereocenters. The molecule has 0 fully saturated rings. The van der Waals surface area contributed by atoms with Gasteiger partial charge < -0.3 is 18.9 Å². The van der Waals surface area contributed by atoms with Crippen LogP contribution in [0.3, 0.4) is 0 Å². The van der Waals surface area contributed by atoms with E-state index in [9.17, 15) is 9.59 Å². The van der Waals surface area contributed by atoms with E-state index in [0.29, 0.717) is 28.3 Å². The Labute approximate surface area is 171 Å². The second-order valence-corrected chi connectivity index (χ2v) is 6.74. The fourth-order valence-electron chi connectivity index (χ4n) is 3.22. The number of carbonyl (C=O) groups is 2. The molecular weight excluding hydrogens is 398 g/mol. The molecule has 0 radical (unpaired) electrons. The largest absolute Gasteiger partial charge is 0.465 e. The van der Waals surface area contributed by atoms with Crippen LogP contribution in [-0.2, 0) is 16.1 Å². The minimum atomic E-state index is -0.631. The number of esters is 2. The number of hydrogen-bond donors (Lipinski definition) is 0. The average molecular weight is 414 g/mol. The fraction of sp³-hybridized carbons (Fsp3) is 0.190. The Morgan fingerprint density at radius 2 is 1.97 bits per heavy atom. The molecule has 0 saturated carbocycles. The van der Waals surface area contributed by atoms with Crippen LogP contribution in [0.1, 0.15) is 32.0 Å². The van der Waals surface area contributed by atoms with Crippen molar-refractivity contribution < 1.29 is 28.5 Å². The summed E-state index contributed by atoms with van der Waals surface area (Å²) in [5.41, 5.74) is 2.20. The molecule has 0 saturated heterocycles. The van der Waals surface area contributed by atoms with Crippen LogP contribution in [0.25, 0.3) is 10.9 Å². The van der Waals surface area contributed by atoms with E-state index in [1.54, 1.807) is 6.92 Å². The van der Waals surface area contributed by atoms with Crippen molar-refractivity contribution in [2.45, 2.75) is 13.5 Å². The van der Waals surface area contributed by atoms with Crippen LogP contribution in [0.5, 0.6) is 11.5 Å². The van der Waals surface area contributed by atoms with Crippen molar-refractivity contribution in [3.05, 3.63) is 63.8 Å². The summed E-state index contributed by atoms with van der Waals surface area (Å²) >= 11 is 6.12. The number of methoxy groups -OCH3 is 1. The number of pyridine rings is 1. The van der Waals surface area contributed by atoms with Crippen LogP contribution < -0.4 is 9.47 Å². The van der Waals surface area contributed by atoms with Crippen molar-refractivity contribution in [1.82, 2.24) is 4.98 Å². The van der Waals surface area contributed by atoms with Gasteiger partial charge in [0.15, 0.2) is 11.5 Å². The van der Waals surface area contributed by atoms with Crippen molar-refractivity contribution in [3.8, 4) is 11.5 Å². The molecule has 4 rings (SSSR count). The number of aryl methyl sites for hydroxylation is 1. The Bertz CT molecular complexity index is 1140. The number of fused-ring (bicyclic) bond motifs is 2. The third-order valence-electron chi connectivity index (χ3n) is 4.62. The van der Waals surface area contributed by atoms with E-state index in [-0.39, 0.29) is 29.5 Å². The van der Waals surface area contributed by atoms with Gasteiger partial charge in [0.2, 0.25) is 6.79 Å². The molecule has 148 valence electrons. The zero-order valence-corrected chi connectivity index (χ0v) is 16.4. The molecule has 1 aliphatic heterocycles. The molecule has 0 spiro atoms. The Morgan fingerprint density at radius 3 is 2.76 bits per heavy atom. The number of para-hydroxylation sites is 1. The summed E-state index contributed by atoms with van der Waals surface area (Å²) in [6, 6.07) is 10.3. The van der Waals surface area contributed by atoms with E-state index < -0.39 is 11.9 Å². The Morgan fingerprint density at radius 1 is 1.17 bits per heavy atom. The summed E-state index contributed by atoms with van der Waals surface area (Å²) < 4.78 is 20.8. The van der Waals surface area contributed by atoms with E-state index in [1.807, 2.05) is 24.3 Å². The van der Waals surface area contributed by atoms with Gasteiger partial charge in [0.05, 0.1) is 34.5 Å². The van der Waals surface area contributed by atoms with Crippen molar-refractivity contribution in [2.75, 3.05) is 13.9 Å². The van der Waals surface area contributed by atoms with Gasteiger partial charge in [0, 0.05) is 5.39 Å². The van der Waals surface area contributed by atoms with Crippen molar-refractivity contribution >= 4 is 34.4 Å². The Hall–Kier alpha value is -3.32. The molecule has 7 nitrogen and oxygen atoms in total. The number of rotatable bonds is 4. The van der Waals surface area contributed by atoms with Crippen LogP contribution in [0.15, 0.2) is 36.4 Å². The van der Waals surface area contributed by atoms with Crippen molar-refractivity contribution in [3.63, 3.8) is 0 Å². The highest BCUT2D eigenvalue weighted by Crippen LogP contribution is 2.40. The molecule has 1 aromatic heterocycles. The minimum Gasteiger partial charge on any atom is -0.465 e. The van der Waals surface area contributed by atoms with Crippen LogP contribution >= 0.6 is 11.6 Å². The first-order valence-electron chi connectivity index (χ1n) is 8.72. The molecule has 29 heavy (non-hydrogen) atoms. The molecule has 0 aliphatic carbocycles. The molecule has 2 heterocycles. The number of halogens is 1. The second kappa shape index (κ2) is 7.60. The highest BCUT2D eigenvalue weighted by Gasteiger charge is 2.23. The van der Waals surface area contributed by atoms with Crippen LogP contribution in [0, 0.1) is 6.92 Å². The predicted molar refractivity (Wildman–Crippen MR) is 105 cm³/mol. The SMILES string of the molecule is COC(=O)c1c(COC(=O)c2cc(Cl)c3c(c2)OCO3)nc2ccccc2c1C. The summed E-state index contributed by atoms with van der Waals surface area (Å²) in [7, 11) is 1.29. The quantitative estimate of drug-likeness (QED) is 0.596. The van der Waals surface area contributed by atoms with Crippen LogP contribution in [0.4, 0.5) is 0 Å². The van der Waals surface area contributed by atoms with Crippen LogP contribution in [-0.4, -0.2) is 30.8 Å². The molecule has 0 N–H and O–H groups in total. The highest BCUT2D eigenvalue weighted by molar-refractivity contribution is 6.32. The summed E-state index contributed by atoms with van der Waals surface area (Å²) in [6.07, 6.45) is 0. The number of ether oxygens (including phenoxy) is 4. The van der Waals surface area contributed by atoms with Gasteiger partial charge in [-0.2, -0.15) is 0 Å². The highest BCUT2D eigenvalue weighted by atomic mass is 35.5. The maximum atomic E-state index is 12.5. The van der Waals surface area contributed by atoms with Gasteiger partial charge in [-0.3, -0.25) is 0 Å². The molecule has 0 amide bonds. The van der Waals surface area contributed by atoms with E-state index in [2.05, 4.69) is 4.98 Å². The number of aromatic nitrogens is 1. The lowest BCUT2D eigenvalue weighted by Crippen LogP contribution is -2.14. The third-order valence-corrected chi connectivity index (χ3v) is 4.90. The van der Waals surface area contributed by atoms with E-state index >= 15 is 0 Å². The van der Waals surface area contributed by atoms with Gasteiger partial charge in [-0.25, -0.2) is 14.6 Å². The maximum absolute atomic E-state index is 12.5. The van der Waals surface area contributed by atoms with Crippen LogP contribution in [0.2, 0.25) is 5.02 Å². The first-order chi connectivity index (χ1) is 14.0. The summed E-state index contributed by atoms with van der Waals surface area (Å²) in [5.74, 6) is -0.408. The van der Waals surface area contributed by atoms with Crippen molar-refractivity contribution in [1.29, 1.82) is 0 Å². The predicted octanol–water partition coefficient (Wildman–Crippen LogP) is 4.07. The number of hydrogen-bond acceptors (Lipinski definition) is 7. The lowest BCUT2D eigenvalue weighted by atomic mass is 10.0. The standard InChI is InChI=1S/C21H16ClNO6/c1-11-13-5-3-4-6-15(13)23-16(18(11)21(25)26-2)9-27-20(24)12-7-14(22)19-17(8-12)28-10-29-19/h3-8H,9-10H2,1-2H3. The second-order valence-electron chi connectivity index (χ2n) is 6.34. The molecule has 3 aromatic rings. The Balaban J connectivity index is 1.65. The van der Waals surface area contributed by atoms with E-state index in [0.717, 1.165) is 5.39 Å². The zero-order chi connectivity index (χ0) is 20.5. The minimum absolute atomic E-state index is 0.0380.